The number of carbonyl (C=O) groups excluding carboxylic acids is 1. The molecular weight excluding hydrogens is 318 g/mol. The number of hydrogen-bond acceptors (Lipinski definition) is 4. The van der Waals surface area contributed by atoms with Gasteiger partial charge >= 0.3 is 6.03 Å². The monoisotopic (exact) mass is 343 g/mol. The Morgan fingerprint density at radius 1 is 1.32 bits per heavy atom. The molecule has 4 rings (SSSR count). The average molecular weight is 343 g/mol. The quantitative estimate of drug-likeness (QED) is 0.887. The van der Waals surface area contributed by atoms with Crippen LogP contribution in [0.3, 0.4) is 0 Å². The molecule has 0 bridgehead atoms. The van der Waals surface area contributed by atoms with Crippen LogP contribution in [0.1, 0.15) is 50.3 Å². The Bertz CT molecular complexity index is 768. The van der Waals surface area contributed by atoms with E-state index in [0.717, 1.165) is 55.5 Å². The van der Waals surface area contributed by atoms with Crippen LogP contribution < -0.4 is 5.32 Å². The van der Waals surface area contributed by atoms with Gasteiger partial charge in [-0.05, 0) is 43.9 Å². The fraction of sp³-hybridized carbons (Fsp3) is 0.579. The van der Waals surface area contributed by atoms with Crippen LogP contribution >= 0.6 is 0 Å². The maximum atomic E-state index is 12.4. The Hall–Kier alpha value is -2.08. The summed E-state index contributed by atoms with van der Waals surface area (Å²) < 4.78 is 5.75. The van der Waals surface area contributed by atoms with E-state index in [1.165, 1.54) is 0 Å². The first-order valence-corrected chi connectivity index (χ1v) is 9.21. The number of aromatic nitrogens is 1. The van der Waals surface area contributed by atoms with Crippen LogP contribution in [0.2, 0.25) is 0 Å². The number of hydrogen-bond donors (Lipinski definition) is 2. The van der Waals surface area contributed by atoms with Crippen molar-refractivity contribution in [3.05, 3.63) is 24.1 Å². The molecule has 0 spiro atoms. The minimum Gasteiger partial charge on any atom is -0.440 e. The topological polar surface area (TPSA) is 78.6 Å². The highest BCUT2D eigenvalue weighted by molar-refractivity contribution is 5.91. The van der Waals surface area contributed by atoms with Crippen LogP contribution in [-0.4, -0.2) is 40.7 Å². The molecule has 2 aromatic rings. The van der Waals surface area contributed by atoms with Crippen LogP contribution in [0.5, 0.6) is 0 Å². The van der Waals surface area contributed by atoms with Gasteiger partial charge in [0.05, 0.1) is 6.10 Å². The number of benzene rings is 1. The summed E-state index contributed by atoms with van der Waals surface area (Å²) >= 11 is 0. The summed E-state index contributed by atoms with van der Waals surface area (Å²) in [6.45, 7) is 0.574. The van der Waals surface area contributed by atoms with Gasteiger partial charge in [-0.1, -0.05) is 12.8 Å². The number of urea groups is 1. The number of amides is 2. The molecule has 25 heavy (non-hydrogen) atoms. The second-order valence-corrected chi connectivity index (χ2v) is 7.43. The molecule has 0 aliphatic heterocycles. The van der Waals surface area contributed by atoms with E-state index in [0.29, 0.717) is 18.2 Å². The molecule has 2 amide bonds. The van der Waals surface area contributed by atoms with E-state index in [9.17, 15) is 9.90 Å². The van der Waals surface area contributed by atoms with Gasteiger partial charge in [-0.25, -0.2) is 9.78 Å². The van der Waals surface area contributed by atoms with Crippen molar-refractivity contribution < 1.29 is 14.3 Å². The summed E-state index contributed by atoms with van der Waals surface area (Å²) in [6.07, 6.45) is 6.02. The van der Waals surface area contributed by atoms with Gasteiger partial charge in [-0.15, -0.1) is 0 Å². The summed E-state index contributed by atoms with van der Waals surface area (Å²) in [5, 5.41) is 13.0. The molecule has 0 radical (unpaired) electrons. The predicted octanol–water partition coefficient (Wildman–Crippen LogP) is 3.72. The van der Waals surface area contributed by atoms with Crippen molar-refractivity contribution >= 4 is 22.8 Å². The lowest BCUT2D eigenvalue weighted by atomic mass is 9.86. The van der Waals surface area contributed by atoms with E-state index < -0.39 is 0 Å². The van der Waals surface area contributed by atoms with Crippen LogP contribution in [0.25, 0.3) is 11.1 Å². The lowest BCUT2D eigenvalue weighted by Gasteiger charge is -2.31. The van der Waals surface area contributed by atoms with Crippen LogP contribution in [0, 0.1) is 5.92 Å². The van der Waals surface area contributed by atoms with E-state index in [1.807, 2.05) is 18.2 Å². The first kappa shape index (κ1) is 16.4. The van der Waals surface area contributed by atoms with Crippen LogP contribution in [0.4, 0.5) is 10.5 Å². The number of aliphatic hydroxyl groups is 1. The van der Waals surface area contributed by atoms with Crippen molar-refractivity contribution in [3.63, 3.8) is 0 Å². The van der Waals surface area contributed by atoms with Crippen molar-refractivity contribution in [1.82, 2.24) is 9.88 Å². The molecule has 2 aliphatic rings. The maximum Gasteiger partial charge on any atom is 0.321 e. The summed E-state index contributed by atoms with van der Waals surface area (Å²) in [5.41, 5.74) is 2.26. The highest BCUT2D eigenvalue weighted by Gasteiger charge is 2.29. The van der Waals surface area contributed by atoms with Gasteiger partial charge in [0.1, 0.15) is 5.52 Å². The van der Waals surface area contributed by atoms with Gasteiger partial charge in [-0.3, -0.25) is 0 Å². The molecule has 1 heterocycles. The first-order chi connectivity index (χ1) is 12.1. The molecule has 0 saturated heterocycles. The van der Waals surface area contributed by atoms with Gasteiger partial charge in [0.25, 0.3) is 0 Å². The maximum absolute atomic E-state index is 12.4. The molecular formula is C19H25N3O3. The molecule has 1 aromatic heterocycles. The number of anilines is 1. The molecule has 6 heteroatoms. The van der Waals surface area contributed by atoms with Crippen molar-refractivity contribution in [1.29, 1.82) is 0 Å². The molecule has 134 valence electrons. The third kappa shape index (κ3) is 3.63. The zero-order valence-electron chi connectivity index (χ0n) is 14.6. The molecule has 2 fully saturated rings. The average Bonchev–Trinajstić information content (AvgIpc) is 3.36. The lowest BCUT2D eigenvalue weighted by molar-refractivity contribution is 0.0575. The third-order valence-electron chi connectivity index (χ3n) is 5.31. The van der Waals surface area contributed by atoms with E-state index >= 15 is 0 Å². The minimum atomic E-state index is -0.295. The summed E-state index contributed by atoms with van der Waals surface area (Å²) in [4.78, 5) is 18.6. The Balaban J connectivity index is 1.40. The van der Waals surface area contributed by atoms with E-state index in [1.54, 1.807) is 11.9 Å². The number of aliphatic hydroxyl groups excluding tert-OH is 1. The Kier molecular flexibility index (Phi) is 4.37. The van der Waals surface area contributed by atoms with Crippen molar-refractivity contribution in [3.8, 4) is 0 Å². The summed E-state index contributed by atoms with van der Waals surface area (Å²) in [7, 11) is 1.77. The molecule has 2 N–H and O–H groups in total. The highest BCUT2D eigenvalue weighted by Crippen LogP contribution is 2.40. The normalized spacial score (nSPS) is 23.6. The van der Waals surface area contributed by atoms with Crippen molar-refractivity contribution in [2.24, 2.45) is 5.92 Å². The van der Waals surface area contributed by atoms with Gasteiger partial charge in [0, 0.05) is 31.1 Å². The lowest BCUT2D eigenvalue weighted by Crippen LogP contribution is -2.40. The van der Waals surface area contributed by atoms with Gasteiger partial charge < -0.3 is 19.7 Å². The molecule has 2 unspecified atom stereocenters. The predicted molar refractivity (Wildman–Crippen MR) is 95.6 cm³/mol. The van der Waals surface area contributed by atoms with Gasteiger partial charge in [-0.2, -0.15) is 0 Å². The van der Waals surface area contributed by atoms with E-state index in [-0.39, 0.29) is 18.1 Å². The molecule has 2 aliphatic carbocycles. The summed E-state index contributed by atoms with van der Waals surface area (Å²) in [5.74, 6) is 1.45. The number of nitrogens with zero attached hydrogens (tertiary/aromatic N) is 2. The fourth-order valence-electron chi connectivity index (χ4n) is 3.58. The molecule has 2 saturated carbocycles. The standard InChI is InChI=1S/C19H25N3O3/c1-22(11-13-4-2-3-5-16(13)23)19(24)20-14-8-9-17-15(10-14)21-18(25-17)12-6-7-12/h8-10,12-13,16,23H,2-7,11H2,1H3,(H,20,24). The summed E-state index contributed by atoms with van der Waals surface area (Å²) in [6, 6.07) is 5.38. The minimum absolute atomic E-state index is 0.164. The highest BCUT2D eigenvalue weighted by atomic mass is 16.3. The Labute approximate surface area is 147 Å². The number of nitrogens with one attached hydrogen (secondary N) is 1. The number of carbonyl (C=O) groups is 1. The molecule has 1 aromatic carbocycles. The first-order valence-electron chi connectivity index (χ1n) is 9.21. The van der Waals surface area contributed by atoms with Crippen molar-refractivity contribution in [2.75, 3.05) is 18.9 Å². The Morgan fingerprint density at radius 2 is 2.12 bits per heavy atom. The zero-order valence-corrected chi connectivity index (χ0v) is 14.6. The van der Waals surface area contributed by atoms with E-state index in [4.69, 9.17) is 4.42 Å². The molecule has 2 atom stereocenters. The van der Waals surface area contributed by atoms with Crippen molar-refractivity contribution in [2.45, 2.75) is 50.5 Å². The molecule has 6 nitrogen and oxygen atoms in total. The van der Waals surface area contributed by atoms with Gasteiger partial charge in [0.2, 0.25) is 0 Å². The fourth-order valence-corrected chi connectivity index (χ4v) is 3.58. The third-order valence-corrected chi connectivity index (χ3v) is 5.31. The van der Waals surface area contributed by atoms with Crippen LogP contribution in [0.15, 0.2) is 22.6 Å². The second kappa shape index (κ2) is 6.67. The zero-order chi connectivity index (χ0) is 17.4. The smallest absolute Gasteiger partial charge is 0.321 e. The Morgan fingerprint density at radius 3 is 2.88 bits per heavy atom. The van der Waals surface area contributed by atoms with Gasteiger partial charge in [0.15, 0.2) is 11.5 Å². The van der Waals surface area contributed by atoms with E-state index in [2.05, 4.69) is 10.3 Å². The largest absolute Gasteiger partial charge is 0.440 e. The number of rotatable bonds is 4. The SMILES string of the molecule is CN(CC1CCCCC1O)C(=O)Nc1ccc2oc(C3CC3)nc2c1. The number of oxazole rings is 1. The number of fused-ring (bicyclic) bond motifs is 1. The van der Waals surface area contributed by atoms with Crippen LogP contribution in [-0.2, 0) is 0 Å². The second-order valence-electron chi connectivity index (χ2n) is 7.43.